The summed E-state index contributed by atoms with van der Waals surface area (Å²) >= 11 is 0. The van der Waals surface area contributed by atoms with Gasteiger partial charge in [0, 0.05) is 11.8 Å². The Balaban J connectivity index is 1.34. The van der Waals surface area contributed by atoms with Gasteiger partial charge in [0.1, 0.15) is 17.8 Å². The molecule has 0 amide bonds. The van der Waals surface area contributed by atoms with Gasteiger partial charge in [-0.1, -0.05) is 38.1 Å². The van der Waals surface area contributed by atoms with Crippen molar-refractivity contribution in [3.63, 3.8) is 0 Å². The lowest BCUT2D eigenvalue weighted by atomic mass is 9.48. The molecule has 6 rings (SSSR count). The van der Waals surface area contributed by atoms with E-state index in [2.05, 4.69) is 25.1 Å². The van der Waals surface area contributed by atoms with Gasteiger partial charge < -0.3 is 14.6 Å². The van der Waals surface area contributed by atoms with E-state index in [0.29, 0.717) is 6.42 Å². The number of ketones is 1. The van der Waals surface area contributed by atoms with Crippen LogP contribution in [0, 0.1) is 17.3 Å². The van der Waals surface area contributed by atoms with Crippen molar-refractivity contribution in [3.05, 3.63) is 47.0 Å². The molecular weight excluding hydrogens is 392 g/mol. The smallest absolute Gasteiger partial charge is 0.309 e. The summed E-state index contributed by atoms with van der Waals surface area (Å²) < 4.78 is 11.7. The van der Waals surface area contributed by atoms with E-state index in [9.17, 15) is 14.7 Å². The minimum atomic E-state index is -1.10. The summed E-state index contributed by atoms with van der Waals surface area (Å²) in [5, 5.41) is 11.6. The first-order valence-electron chi connectivity index (χ1n) is 11.7. The lowest BCUT2D eigenvalue weighted by Crippen LogP contribution is -2.65. The van der Waals surface area contributed by atoms with Crippen molar-refractivity contribution in [1.82, 2.24) is 0 Å². The Morgan fingerprint density at radius 1 is 1.26 bits per heavy atom. The number of aliphatic hydroxyl groups is 1. The summed E-state index contributed by atoms with van der Waals surface area (Å²) in [6.07, 6.45) is 6.14. The molecule has 0 radical (unpaired) electrons. The number of ether oxygens (including phenoxy) is 2. The van der Waals surface area contributed by atoms with Crippen LogP contribution in [0.15, 0.2) is 30.4 Å². The number of hydrogen-bond donors (Lipinski definition) is 1. The highest BCUT2D eigenvalue weighted by Crippen LogP contribution is 2.66. The first-order chi connectivity index (χ1) is 14.8. The van der Waals surface area contributed by atoms with Gasteiger partial charge in [0.2, 0.25) is 0 Å². The largest absolute Gasteiger partial charge is 0.461 e. The molecule has 9 atom stereocenters. The molecular formula is C26H30O5. The second-order valence-electron chi connectivity index (χ2n) is 10.6. The van der Waals surface area contributed by atoms with Crippen molar-refractivity contribution >= 4 is 11.8 Å². The third kappa shape index (κ3) is 2.45. The molecule has 1 aromatic carbocycles. The van der Waals surface area contributed by atoms with Crippen LogP contribution in [0.3, 0.4) is 0 Å². The summed E-state index contributed by atoms with van der Waals surface area (Å²) in [7, 11) is 0. The first kappa shape index (κ1) is 19.7. The Kier molecular flexibility index (Phi) is 4.00. The highest BCUT2D eigenvalue weighted by Gasteiger charge is 2.75. The molecule has 3 fully saturated rings. The van der Waals surface area contributed by atoms with Crippen molar-refractivity contribution in [2.24, 2.45) is 17.3 Å². The number of hydrogen-bond acceptors (Lipinski definition) is 5. The molecule has 5 heteroatoms. The van der Waals surface area contributed by atoms with Crippen molar-refractivity contribution < 1.29 is 24.2 Å². The number of allylic oxidation sites excluding steroid dienone is 1. The van der Waals surface area contributed by atoms with E-state index >= 15 is 0 Å². The van der Waals surface area contributed by atoms with Crippen LogP contribution in [-0.2, 0) is 25.5 Å². The zero-order valence-electron chi connectivity index (χ0n) is 18.3. The first-order valence-corrected chi connectivity index (χ1v) is 11.7. The number of epoxide rings is 1. The van der Waals surface area contributed by atoms with Gasteiger partial charge in [-0.3, -0.25) is 9.59 Å². The summed E-state index contributed by atoms with van der Waals surface area (Å²) in [5.74, 6) is 0.286. The molecule has 164 valence electrons. The van der Waals surface area contributed by atoms with Crippen LogP contribution < -0.4 is 0 Å². The zero-order chi connectivity index (χ0) is 21.7. The molecule has 1 saturated carbocycles. The van der Waals surface area contributed by atoms with Crippen LogP contribution in [0.1, 0.15) is 68.6 Å². The lowest BCUT2D eigenvalue weighted by molar-refractivity contribution is -0.164. The molecule has 0 aromatic heterocycles. The van der Waals surface area contributed by atoms with E-state index in [1.165, 1.54) is 16.7 Å². The Labute approximate surface area is 182 Å². The Morgan fingerprint density at radius 3 is 2.81 bits per heavy atom. The van der Waals surface area contributed by atoms with Crippen LogP contribution in [0.5, 0.6) is 0 Å². The average Bonchev–Trinajstić information content (AvgIpc) is 3.49. The number of carbonyl (C=O) groups excluding carboxylic acids is 2. The maximum atomic E-state index is 13.1. The molecule has 9 unspecified atom stereocenters. The predicted octanol–water partition coefficient (Wildman–Crippen LogP) is 3.44. The van der Waals surface area contributed by atoms with Gasteiger partial charge >= 0.3 is 5.97 Å². The number of fused-ring (bicyclic) bond motifs is 8. The number of aryl methyl sites for hydroxylation is 1. The standard InChI is InChI=1S/C26H30O5/c1-13-11-19(30-24(13)28)14(2)15-6-8-17-16(12-15)7-9-18-21(17)22-23(31-22)26(29)10-4-5-20(27)25(18,26)3/h4-6,8,12-14,18-19,21-23,29H,7,9-11H2,1-3H3. The van der Waals surface area contributed by atoms with Crippen molar-refractivity contribution in [1.29, 1.82) is 0 Å². The molecule has 3 aliphatic carbocycles. The SMILES string of the molecule is CC1CC(C(C)c2ccc3c(c2)CCC2C3C3OC3C3(O)CC=CC(=O)C23C)OC1=O. The molecule has 1 N–H and O–H groups in total. The van der Waals surface area contributed by atoms with Crippen LogP contribution >= 0.6 is 0 Å². The van der Waals surface area contributed by atoms with E-state index in [1.807, 2.05) is 19.9 Å². The molecule has 2 saturated heterocycles. The predicted molar refractivity (Wildman–Crippen MR) is 114 cm³/mol. The fourth-order valence-electron chi connectivity index (χ4n) is 7.13. The van der Waals surface area contributed by atoms with Crippen molar-refractivity contribution in [2.75, 3.05) is 0 Å². The van der Waals surface area contributed by atoms with E-state index in [4.69, 9.17) is 9.47 Å². The van der Waals surface area contributed by atoms with Crippen molar-refractivity contribution in [3.8, 4) is 0 Å². The fourth-order valence-corrected chi connectivity index (χ4v) is 7.13. The third-order valence-corrected chi connectivity index (χ3v) is 9.22. The van der Waals surface area contributed by atoms with Crippen LogP contribution in [0.25, 0.3) is 0 Å². The molecule has 31 heavy (non-hydrogen) atoms. The molecule has 0 bridgehead atoms. The minimum absolute atomic E-state index is 0.0127. The van der Waals surface area contributed by atoms with Crippen LogP contribution in [0.4, 0.5) is 0 Å². The Bertz CT molecular complexity index is 1010. The van der Waals surface area contributed by atoms with Gasteiger partial charge in [-0.15, -0.1) is 0 Å². The number of rotatable bonds is 2. The lowest BCUT2D eigenvalue weighted by Gasteiger charge is -2.55. The van der Waals surface area contributed by atoms with E-state index in [1.54, 1.807) is 6.08 Å². The van der Waals surface area contributed by atoms with Gasteiger partial charge in [-0.05, 0) is 61.3 Å². The quantitative estimate of drug-likeness (QED) is 0.584. The number of cyclic esters (lactones) is 1. The maximum Gasteiger partial charge on any atom is 0.309 e. The number of esters is 1. The second-order valence-corrected chi connectivity index (χ2v) is 10.6. The summed E-state index contributed by atoms with van der Waals surface area (Å²) in [5.41, 5.74) is 1.88. The maximum absolute atomic E-state index is 13.1. The molecule has 5 aliphatic rings. The zero-order valence-corrected chi connectivity index (χ0v) is 18.3. The highest BCUT2D eigenvalue weighted by molar-refractivity contribution is 5.97. The molecule has 5 nitrogen and oxygen atoms in total. The fraction of sp³-hybridized carbons (Fsp3) is 0.615. The topological polar surface area (TPSA) is 76.1 Å². The van der Waals surface area contributed by atoms with Gasteiger partial charge in [-0.2, -0.15) is 0 Å². The van der Waals surface area contributed by atoms with Gasteiger partial charge in [0.25, 0.3) is 0 Å². The Morgan fingerprint density at radius 2 is 2.06 bits per heavy atom. The van der Waals surface area contributed by atoms with Gasteiger partial charge in [0.05, 0.1) is 17.4 Å². The van der Waals surface area contributed by atoms with Crippen molar-refractivity contribution in [2.45, 2.75) is 82.2 Å². The van der Waals surface area contributed by atoms with Crippen LogP contribution in [-0.4, -0.2) is 40.8 Å². The molecule has 2 aliphatic heterocycles. The van der Waals surface area contributed by atoms with Crippen LogP contribution in [0.2, 0.25) is 0 Å². The Hall–Kier alpha value is -1.98. The average molecular weight is 423 g/mol. The van der Waals surface area contributed by atoms with Gasteiger partial charge in [0.15, 0.2) is 5.78 Å². The molecule has 1 aromatic rings. The highest BCUT2D eigenvalue weighted by atomic mass is 16.6. The minimum Gasteiger partial charge on any atom is -0.461 e. The van der Waals surface area contributed by atoms with E-state index < -0.39 is 11.0 Å². The second kappa shape index (κ2) is 6.29. The monoisotopic (exact) mass is 422 g/mol. The van der Waals surface area contributed by atoms with E-state index in [0.717, 1.165) is 19.3 Å². The van der Waals surface area contributed by atoms with Gasteiger partial charge in [-0.25, -0.2) is 0 Å². The number of carbonyl (C=O) groups is 2. The third-order valence-electron chi connectivity index (χ3n) is 9.22. The summed E-state index contributed by atoms with van der Waals surface area (Å²) in [6, 6.07) is 6.63. The number of benzene rings is 1. The normalized spacial score (nSPS) is 45.8. The summed E-state index contributed by atoms with van der Waals surface area (Å²) in [4.78, 5) is 24.9. The summed E-state index contributed by atoms with van der Waals surface area (Å²) in [6.45, 7) is 6.03. The van der Waals surface area contributed by atoms with E-state index in [-0.39, 0.29) is 53.7 Å². The molecule has 0 spiro atoms. The molecule has 2 heterocycles.